The average molecular weight is 282 g/mol. The van der Waals surface area contributed by atoms with Crippen molar-refractivity contribution < 1.29 is 14.3 Å². The molecule has 6 nitrogen and oxygen atoms in total. The fourth-order valence-electron chi connectivity index (χ4n) is 2.46. The van der Waals surface area contributed by atoms with E-state index < -0.39 is 5.82 Å². The van der Waals surface area contributed by atoms with Gasteiger partial charge in [-0.05, 0) is 31.7 Å². The van der Waals surface area contributed by atoms with Crippen LogP contribution in [0.5, 0.6) is 0 Å². The number of aliphatic hydroxyl groups is 1. The quantitative estimate of drug-likeness (QED) is 0.562. The third-order valence-corrected chi connectivity index (χ3v) is 3.77. The van der Waals surface area contributed by atoms with Crippen LogP contribution < -0.4 is 11.3 Å². The number of nitrogen functional groups attached to an aromatic ring is 1. The van der Waals surface area contributed by atoms with Crippen molar-refractivity contribution >= 4 is 11.7 Å². The lowest BCUT2D eigenvalue weighted by atomic mass is 9.92. The van der Waals surface area contributed by atoms with Crippen molar-refractivity contribution in [1.29, 1.82) is 0 Å². The Balaban J connectivity index is 2.09. The summed E-state index contributed by atoms with van der Waals surface area (Å²) >= 11 is 0. The number of carbonyl (C=O) groups excluding carboxylic acids is 1. The molecule has 1 saturated heterocycles. The molecular formula is C13H19FN4O2. The van der Waals surface area contributed by atoms with E-state index in [0.717, 1.165) is 12.8 Å². The number of nitrogens with one attached hydrogen (secondary N) is 1. The van der Waals surface area contributed by atoms with Crippen molar-refractivity contribution in [2.24, 2.45) is 11.8 Å². The monoisotopic (exact) mass is 282 g/mol. The number of aromatic nitrogens is 1. The lowest BCUT2D eigenvalue weighted by Crippen LogP contribution is -2.41. The van der Waals surface area contributed by atoms with E-state index in [9.17, 15) is 14.3 Å². The first-order chi connectivity index (χ1) is 9.54. The molecule has 1 unspecified atom stereocenters. The summed E-state index contributed by atoms with van der Waals surface area (Å²) in [5.74, 6) is 4.09. The summed E-state index contributed by atoms with van der Waals surface area (Å²) in [6.45, 7) is 2.78. The molecule has 2 heterocycles. The van der Waals surface area contributed by atoms with Gasteiger partial charge in [0.2, 0.25) is 0 Å². The second-order valence-corrected chi connectivity index (χ2v) is 5.04. The number of nitrogens with two attached hydrogens (primary N) is 1. The fraction of sp³-hybridized carbons (Fsp3) is 0.538. The molecule has 1 amide bonds. The van der Waals surface area contributed by atoms with Crippen LogP contribution in [-0.4, -0.2) is 40.1 Å². The number of hydrogen-bond acceptors (Lipinski definition) is 5. The first kappa shape index (κ1) is 14.7. The van der Waals surface area contributed by atoms with Gasteiger partial charge in [0.25, 0.3) is 5.91 Å². The van der Waals surface area contributed by atoms with Gasteiger partial charge in [-0.1, -0.05) is 0 Å². The van der Waals surface area contributed by atoms with E-state index in [1.165, 1.54) is 12.3 Å². The van der Waals surface area contributed by atoms with Crippen LogP contribution in [0.4, 0.5) is 10.2 Å². The molecule has 0 aliphatic carbocycles. The molecule has 1 aliphatic heterocycles. The van der Waals surface area contributed by atoms with Gasteiger partial charge in [-0.2, -0.15) is 0 Å². The number of anilines is 1. The second kappa shape index (κ2) is 6.15. The lowest BCUT2D eigenvalue weighted by Gasteiger charge is -2.33. The van der Waals surface area contributed by atoms with E-state index in [2.05, 4.69) is 10.4 Å². The zero-order valence-electron chi connectivity index (χ0n) is 11.3. The highest BCUT2D eigenvalue weighted by Crippen LogP contribution is 2.23. The number of likely N-dealkylation sites (tertiary alicyclic amines) is 1. The van der Waals surface area contributed by atoms with Crippen LogP contribution >= 0.6 is 0 Å². The largest absolute Gasteiger partial charge is 0.393 e. The van der Waals surface area contributed by atoms with Gasteiger partial charge in [0.1, 0.15) is 0 Å². The Kier molecular flexibility index (Phi) is 4.51. The van der Waals surface area contributed by atoms with Crippen LogP contribution in [0.1, 0.15) is 30.1 Å². The zero-order chi connectivity index (χ0) is 14.7. The van der Waals surface area contributed by atoms with Crippen LogP contribution in [0.25, 0.3) is 0 Å². The maximum Gasteiger partial charge on any atom is 0.257 e. The summed E-state index contributed by atoms with van der Waals surface area (Å²) < 4.78 is 14.0. The number of amides is 1. The highest BCUT2D eigenvalue weighted by Gasteiger charge is 2.27. The molecule has 20 heavy (non-hydrogen) atoms. The highest BCUT2D eigenvalue weighted by molar-refractivity contribution is 5.95. The Hall–Kier alpha value is -1.73. The minimum atomic E-state index is -0.738. The van der Waals surface area contributed by atoms with Gasteiger partial charge >= 0.3 is 0 Å². The molecule has 4 N–H and O–H groups in total. The number of hydrogen-bond donors (Lipinski definition) is 3. The third-order valence-electron chi connectivity index (χ3n) is 3.77. The van der Waals surface area contributed by atoms with Gasteiger partial charge in [0.15, 0.2) is 11.6 Å². The van der Waals surface area contributed by atoms with E-state index in [4.69, 9.17) is 5.84 Å². The summed E-state index contributed by atoms with van der Waals surface area (Å²) in [6.07, 6.45) is 2.41. The van der Waals surface area contributed by atoms with Crippen molar-refractivity contribution in [2.45, 2.75) is 25.9 Å². The number of hydrazine groups is 1. The van der Waals surface area contributed by atoms with E-state index in [1.54, 1.807) is 11.8 Å². The van der Waals surface area contributed by atoms with E-state index >= 15 is 0 Å². The summed E-state index contributed by atoms with van der Waals surface area (Å²) in [4.78, 5) is 17.6. The van der Waals surface area contributed by atoms with Crippen molar-refractivity contribution in [3.05, 3.63) is 23.6 Å². The Morgan fingerprint density at radius 2 is 2.25 bits per heavy atom. The third kappa shape index (κ3) is 2.88. The van der Waals surface area contributed by atoms with Crippen molar-refractivity contribution in [3.63, 3.8) is 0 Å². The van der Waals surface area contributed by atoms with Crippen LogP contribution in [0.2, 0.25) is 0 Å². The molecule has 1 aliphatic rings. The standard InChI is InChI=1S/C13H19FN4O2/c1-8(19)9-3-6-18(7-4-9)13(20)10-2-5-16-12(17-15)11(10)14/h2,5,8-9,19H,3-4,6-7,15H2,1H3,(H,16,17). The van der Waals surface area contributed by atoms with Gasteiger partial charge in [-0.3, -0.25) is 4.79 Å². The first-order valence-electron chi connectivity index (χ1n) is 6.63. The average Bonchev–Trinajstić information content (AvgIpc) is 2.47. The normalized spacial score (nSPS) is 17.9. The van der Waals surface area contributed by atoms with E-state index in [0.29, 0.717) is 13.1 Å². The number of rotatable bonds is 3. The van der Waals surface area contributed by atoms with Crippen LogP contribution in [0.15, 0.2) is 12.3 Å². The van der Waals surface area contributed by atoms with Crippen molar-refractivity contribution in [3.8, 4) is 0 Å². The summed E-state index contributed by atoms with van der Waals surface area (Å²) in [7, 11) is 0. The molecule has 1 atom stereocenters. The maximum atomic E-state index is 14.0. The molecule has 2 rings (SSSR count). The molecule has 0 saturated carbocycles. The molecule has 1 aromatic heterocycles. The number of pyridine rings is 1. The van der Waals surface area contributed by atoms with Crippen LogP contribution in [-0.2, 0) is 0 Å². The molecule has 0 bridgehead atoms. The number of carbonyl (C=O) groups is 1. The topological polar surface area (TPSA) is 91.5 Å². The fourth-order valence-corrected chi connectivity index (χ4v) is 2.46. The molecule has 0 aromatic carbocycles. The number of aliphatic hydroxyl groups excluding tert-OH is 1. The number of piperidine rings is 1. The Bertz CT molecular complexity index is 487. The zero-order valence-corrected chi connectivity index (χ0v) is 11.3. The predicted octanol–water partition coefficient (Wildman–Crippen LogP) is 0.739. The van der Waals surface area contributed by atoms with Crippen molar-refractivity contribution in [1.82, 2.24) is 9.88 Å². The van der Waals surface area contributed by atoms with Crippen LogP contribution in [0, 0.1) is 11.7 Å². The summed E-state index contributed by atoms with van der Waals surface area (Å²) in [6, 6.07) is 1.35. The second-order valence-electron chi connectivity index (χ2n) is 5.04. The van der Waals surface area contributed by atoms with Gasteiger partial charge in [-0.15, -0.1) is 0 Å². The summed E-state index contributed by atoms with van der Waals surface area (Å²) in [5, 5.41) is 9.54. The Morgan fingerprint density at radius 3 is 2.80 bits per heavy atom. The maximum absolute atomic E-state index is 14.0. The Morgan fingerprint density at radius 1 is 1.60 bits per heavy atom. The molecule has 1 fully saturated rings. The Labute approximate surface area is 116 Å². The van der Waals surface area contributed by atoms with E-state index in [1.807, 2.05) is 0 Å². The van der Waals surface area contributed by atoms with Gasteiger partial charge in [-0.25, -0.2) is 15.2 Å². The smallest absolute Gasteiger partial charge is 0.257 e. The molecule has 0 radical (unpaired) electrons. The van der Waals surface area contributed by atoms with Gasteiger partial charge in [0.05, 0.1) is 11.7 Å². The predicted molar refractivity (Wildman–Crippen MR) is 72.3 cm³/mol. The van der Waals surface area contributed by atoms with Gasteiger partial charge in [0, 0.05) is 19.3 Å². The van der Waals surface area contributed by atoms with Crippen LogP contribution in [0.3, 0.4) is 0 Å². The molecule has 1 aromatic rings. The van der Waals surface area contributed by atoms with Gasteiger partial charge < -0.3 is 15.4 Å². The molecule has 7 heteroatoms. The minimum Gasteiger partial charge on any atom is -0.393 e. The highest BCUT2D eigenvalue weighted by atomic mass is 19.1. The van der Waals surface area contributed by atoms with E-state index in [-0.39, 0.29) is 29.3 Å². The lowest BCUT2D eigenvalue weighted by molar-refractivity contribution is 0.0518. The SMILES string of the molecule is CC(O)C1CCN(C(=O)c2ccnc(NN)c2F)CC1. The minimum absolute atomic E-state index is 0.0385. The summed E-state index contributed by atoms with van der Waals surface area (Å²) in [5.41, 5.74) is 2.09. The molecular weight excluding hydrogens is 263 g/mol. The first-order valence-corrected chi connectivity index (χ1v) is 6.63. The molecule has 110 valence electrons. The molecule has 0 spiro atoms. The number of halogens is 1. The van der Waals surface area contributed by atoms with Crippen molar-refractivity contribution in [2.75, 3.05) is 18.5 Å². The number of nitrogens with zero attached hydrogens (tertiary/aromatic N) is 2.